The Hall–Kier alpha value is -0.630. The monoisotopic (exact) mass is 292 g/mol. The van der Waals surface area contributed by atoms with Crippen molar-refractivity contribution in [1.82, 2.24) is 19.8 Å². The van der Waals surface area contributed by atoms with Gasteiger partial charge in [-0.1, -0.05) is 11.6 Å². The molecule has 2 N–H and O–H groups in total. The maximum atomic E-state index is 12.3. The largest absolute Gasteiger partial charge is 0.315 e. The van der Waals surface area contributed by atoms with Crippen molar-refractivity contribution in [3.63, 3.8) is 0 Å². The molecule has 102 valence electrons. The van der Waals surface area contributed by atoms with Crippen LogP contribution in [0.2, 0.25) is 5.15 Å². The number of aryl methyl sites for hydroxylation is 2. The van der Waals surface area contributed by atoms with Gasteiger partial charge in [0, 0.05) is 19.6 Å². The summed E-state index contributed by atoms with van der Waals surface area (Å²) in [6.45, 7) is 3.22. The molecule has 0 spiro atoms. The van der Waals surface area contributed by atoms with E-state index in [1.165, 1.54) is 4.68 Å². The first-order valence-electron chi connectivity index (χ1n) is 5.84. The van der Waals surface area contributed by atoms with Crippen molar-refractivity contribution in [2.45, 2.75) is 30.7 Å². The third kappa shape index (κ3) is 2.69. The van der Waals surface area contributed by atoms with Crippen molar-refractivity contribution in [2.75, 3.05) is 13.1 Å². The van der Waals surface area contributed by atoms with Crippen LogP contribution in [-0.2, 0) is 17.1 Å². The number of aromatic nitrogens is 2. The number of hydrogen-bond acceptors (Lipinski definition) is 4. The summed E-state index contributed by atoms with van der Waals surface area (Å²) >= 11 is 5.98. The quantitative estimate of drug-likeness (QED) is 0.846. The van der Waals surface area contributed by atoms with E-state index in [-0.39, 0.29) is 16.1 Å². The Balaban J connectivity index is 2.24. The molecule has 0 saturated carbocycles. The van der Waals surface area contributed by atoms with E-state index in [9.17, 15) is 8.42 Å². The molecule has 6 nitrogen and oxygen atoms in total. The third-order valence-electron chi connectivity index (χ3n) is 2.99. The van der Waals surface area contributed by atoms with Crippen LogP contribution in [0.1, 0.15) is 18.5 Å². The fourth-order valence-electron chi connectivity index (χ4n) is 2.15. The fraction of sp³-hybridized carbons (Fsp3) is 0.700. The maximum Gasteiger partial charge on any atom is 0.245 e. The zero-order chi connectivity index (χ0) is 13.3. The molecule has 1 saturated heterocycles. The molecule has 0 aliphatic carbocycles. The van der Waals surface area contributed by atoms with Crippen molar-refractivity contribution in [3.8, 4) is 0 Å². The molecular formula is C10H17ClN4O2S. The molecule has 1 aromatic heterocycles. The first kappa shape index (κ1) is 13.8. The lowest BCUT2D eigenvalue weighted by atomic mass is 10.1. The Kier molecular flexibility index (Phi) is 3.96. The number of piperidine rings is 1. The number of sulfonamides is 1. The van der Waals surface area contributed by atoms with Gasteiger partial charge in [-0.2, -0.15) is 5.10 Å². The van der Waals surface area contributed by atoms with Gasteiger partial charge in [0.2, 0.25) is 10.0 Å². The van der Waals surface area contributed by atoms with E-state index in [1.54, 1.807) is 14.0 Å². The van der Waals surface area contributed by atoms with Crippen LogP contribution in [0.4, 0.5) is 0 Å². The van der Waals surface area contributed by atoms with Crippen LogP contribution < -0.4 is 10.0 Å². The van der Waals surface area contributed by atoms with E-state index in [0.29, 0.717) is 12.2 Å². The molecule has 1 atom stereocenters. The second-order valence-corrected chi connectivity index (χ2v) is 6.50. The molecule has 8 heteroatoms. The molecule has 2 heterocycles. The number of rotatable bonds is 3. The van der Waals surface area contributed by atoms with Crippen LogP contribution in [-0.4, -0.2) is 37.3 Å². The van der Waals surface area contributed by atoms with E-state index < -0.39 is 10.0 Å². The SMILES string of the molecule is Cc1nn(C)c(Cl)c1S(=O)(=O)NC1CCCNC1. The number of nitrogens with zero attached hydrogens (tertiary/aromatic N) is 2. The zero-order valence-electron chi connectivity index (χ0n) is 10.4. The van der Waals surface area contributed by atoms with Gasteiger partial charge in [0.15, 0.2) is 0 Å². The lowest BCUT2D eigenvalue weighted by Crippen LogP contribution is -2.45. The standard InChI is InChI=1S/C10H17ClN4O2S/c1-7-9(10(11)15(2)13-7)18(16,17)14-8-4-3-5-12-6-8/h8,12,14H,3-6H2,1-2H3. The second-order valence-electron chi connectivity index (χ2n) is 4.49. The average molecular weight is 293 g/mol. The highest BCUT2D eigenvalue weighted by Gasteiger charge is 2.28. The lowest BCUT2D eigenvalue weighted by Gasteiger charge is -2.23. The molecule has 1 aliphatic heterocycles. The normalized spacial score (nSPS) is 21.2. The van der Waals surface area contributed by atoms with Gasteiger partial charge in [-0.25, -0.2) is 13.1 Å². The minimum atomic E-state index is -3.61. The number of halogens is 1. The van der Waals surface area contributed by atoms with Crippen LogP contribution in [0.3, 0.4) is 0 Å². The van der Waals surface area contributed by atoms with E-state index in [2.05, 4.69) is 15.1 Å². The Labute approximate surface area is 112 Å². The molecule has 0 radical (unpaired) electrons. The van der Waals surface area contributed by atoms with Crippen molar-refractivity contribution in [1.29, 1.82) is 0 Å². The molecule has 0 bridgehead atoms. The lowest BCUT2D eigenvalue weighted by molar-refractivity contribution is 0.428. The molecule has 1 fully saturated rings. The average Bonchev–Trinajstić information content (AvgIpc) is 2.54. The summed E-state index contributed by atoms with van der Waals surface area (Å²) < 4.78 is 28.6. The van der Waals surface area contributed by atoms with Gasteiger partial charge < -0.3 is 5.32 Å². The van der Waals surface area contributed by atoms with Gasteiger partial charge >= 0.3 is 0 Å². The van der Waals surface area contributed by atoms with Gasteiger partial charge in [-0.05, 0) is 26.3 Å². The molecular weight excluding hydrogens is 276 g/mol. The molecule has 1 unspecified atom stereocenters. The Morgan fingerprint density at radius 2 is 2.28 bits per heavy atom. The van der Waals surface area contributed by atoms with Crippen molar-refractivity contribution in [3.05, 3.63) is 10.8 Å². The molecule has 0 amide bonds. The van der Waals surface area contributed by atoms with E-state index in [1.807, 2.05) is 0 Å². The first-order valence-corrected chi connectivity index (χ1v) is 7.70. The van der Waals surface area contributed by atoms with Crippen LogP contribution in [0, 0.1) is 6.92 Å². The highest BCUT2D eigenvalue weighted by molar-refractivity contribution is 7.89. The van der Waals surface area contributed by atoms with Crippen molar-refractivity contribution < 1.29 is 8.42 Å². The minimum Gasteiger partial charge on any atom is -0.315 e. The molecule has 1 aliphatic rings. The van der Waals surface area contributed by atoms with Crippen LogP contribution in [0.15, 0.2) is 4.90 Å². The maximum absolute atomic E-state index is 12.3. The second kappa shape index (κ2) is 5.16. The third-order valence-corrected chi connectivity index (χ3v) is 5.20. The summed E-state index contributed by atoms with van der Waals surface area (Å²) in [5.74, 6) is 0. The van der Waals surface area contributed by atoms with Crippen LogP contribution in [0.5, 0.6) is 0 Å². The van der Waals surface area contributed by atoms with Gasteiger partial charge in [-0.15, -0.1) is 0 Å². The molecule has 1 aromatic rings. The Morgan fingerprint density at radius 1 is 1.56 bits per heavy atom. The van der Waals surface area contributed by atoms with Gasteiger partial charge in [0.05, 0.1) is 5.69 Å². The summed E-state index contributed by atoms with van der Waals surface area (Å²) in [5.41, 5.74) is 0.416. The number of nitrogens with one attached hydrogen (secondary N) is 2. The van der Waals surface area contributed by atoms with Gasteiger partial charge in [0.1, 0.15) is 10.0 Å². The first-order chi connectivity index (χ1) is 8.42. The molecule has 0 aromatic carbocycles. The van der Waals surface area contributed by atoms with E-state index >= 15 is 0 Å². The fourth-order valence-corrected chi connectivity index (χ4v) is 4.17. The highest BCUT2D eigenvalue weighted by Crippen LogP contribution is 2.24. The summed E-state index contributed by atoms with van der Waals surface area (Å²) in [5, 5.41) is 7.32. The summed E-state index contributed by atoms with van der Waals surface area (Å²) in [7, 11) is -1.98. The van der Waals surface area contributed by atoms with Crippen LogP contribution >= 0.6 is 11.6 Å². The summed E-state index contributed by atoms with van der Waals surface area (Å²) in [6, 6.07) is -0.0839. The minimum absolute atomic E-state index is 0.0808. The van der Waals surface area contributed by atoms with Crippen LogP contribution in [0.25, 0.3) is 0 Å². The van der Waals surface area contributed by atoms with E-state index in [4.69, 9.17) is 11.6 Å². The summed E-state index contributed by atoms with van der Waals surface area (Å²) in [6.07, 6.45) is 1.80. The molecule has 18 heavy (non-hydrogen) atoms. The van der Waals surface area contributed by atoms with Gasteiger partial charge in [0.25, 0.3) is 0 Å². The van der Waals surface area contributed by atoms with Crippen molar-refractivity contribution >= 4 is 21.6 Å². The Bertz CT molecular complexity index is 534. The highest BCUT2D eigenvalue weighted by atomic mass is 35.5. The Morgan fingerprint density at radius 3 is 2.78 bits per heavy atom. The van der Waals surface area contributed by atoms with E-state index in [0.717, 1.165) is 19.4 Å². The predicted octanol–water partition coefficient (Wildman–Crippen LogP) is 0.412. The zero-order valence-corrected chi connectivity index (χ0v) is 12.0. The smallest absolute Gasteiger partial charge is 0.245 e. The number of hydrogen-bond donors (Lipinski definition) is 2. The van der Waals surface area contributed by atoms with Crippen molar-refractivity contribution in [2.24, 2.45) is 7.05 Å². The topological polar surface area (TPSA) is 76.0 Å². The molecule has 2 rings (SSSR count). The summed E-state index contributed by atoms with van der Waals surface area (Å²) in [4.78, 5) is 0.0808. The predicted molar refractivity (Wildman–Crippen MR) is 69.2 cm³/mol. The van der Waals surface area contributed by atoms with Gasteiger partial charge in [-0.3, -0.25) is 4.68 Å².